The van der Waals surface area contributed by atoms with Crippen LogP contribution in [-0.4, -0.2) is 56.2 Å². The highest BCUT2D eigenvalue weighted by molar-refractivity contribution is 7.89. The SMILES string of the molecule is COc1ccc(S(=O)(=O)N[C@H](Cc2ccccc2)C(=O)N2CC[C@@]3(O)CCCC[C@H]3C2)cc1. The van der Waals surface area contributed by atoms with Crippen LogP contribution in [-0.2, 0) is 21.2 Å². The molecule has 1 aliphatic heterocycles. The molecule has 8 heteroatoms. The summed E-state index contributed by atoms with van der Waals surface area (Å²) in [6.45, 7) is 0.895. The number of likely N-dealkylation sites (tertiary alicyclic amines) is 1. The summed E-state index contributed by atoms with van der Waals surface area (Å²) in [4.78, 5) is 15.4. The van der Waals surface area contributed by atoms with Crippen molar-refractivity contribution in [1.82, 2.24) is 9.62 Å². The van der Waals surface area contributed by atoms with Crippen molar-refractivity contribution in [2.24, 2.45) is 5.92 Å². The van der Waals surface area contributed by atoms with E-state index in [0.29, 0.717) is 25.3 Å². The van der Waals surface area contributed by atoms with Crippen molar-refractivity contribution in [2.45, 2.75) is 55.1 Å². The average molecular weight is 473 g/mol. The first-order valence-electron chi connectivity index (χ1n) is 11.5. The lowest BCUT2D eigenvalue weighted by atomic mass is 9.71. The number of rotatable bonds is 7. The second kappa shape index (κ2) is 9.83. The number of carbonyl (C=O) groups excluding carboxylic acids is 1. The predicted octanol–water partition coefficient (Wildman–Crippen LogP) is 2.74. The maximum absolute atomic E-state index is 13.6. The smallest absolute Gasteiger partial charge is 0.241 e. The van der Waals surface area contributed by atoms with Gasteiger partial charge in [0, 0.05) is 19.0 Å². The number of nitrogens with one attached hydrogen (secondary N) is 1. The van der Waals surface area contributed by atoms with Crippen molar-refractivity contribution in [1.29, 1.82) is 0 Å². The molecule has 1 saturated carbocycles. The molecule has 7 nitrogen and oxygen atoms in total. The fraction of sp³-hybridized carbons (Fsp3) is 0.480. The Hall–Kier alpha value is -2.42. The normalized spacial score (nSPS) is 24.1. The number of carbonyl (C=O) groups is 1. The third-order valence-corrected chi connectivity index (χ3v) is 8.47. The number of amides is 1. The molecule has 2 fully saturated rings. The maximum Gasteiger partial charge on any atom is 0.241 e. The molecule has 0 bridgehead atoms. The molecule has 178 valence electrons. The van der Waals surface area contributed by atoms with Crippen molar-refractivity contribution in [2.75, 3.05) is 20.2 Å². The van der Waals surface area contributed by atoms with E-state index in [0.717, 1.165) is 31.2 Å². The lowest BCUT2D eigenvalue weighted by Crippen LogP contribution is -2.58. The molecule has 1 amide bonds. The second-order valence-electron chi connectivity index (χ2n) is 9.12. The number of hydrogen-bond donors (Lipinski definition) is 2. The molecule has 1 heterocycles. The predicted molar refractivity (Wildman–Crippen MR) is 125 cm³/mol. The quantitative estimate of drug-likeness (QED) is 0.646. The van der Waals surface area contributed by atoms with Gasteiger partial charge in [0.2, 0.25) is 15.9 Å². The van der Waals surface area contributed by atoms with E-state index in [1.807, 2.05) is 30.3 Å². The van der Waals surface area contributed by atoms with Gasteiger partial charge in [-0.2, -0.15) is 4.72 Å². The summed E-state index contributed by atoms with van der Waals surface area (Å²) in [5.74, 6) is 0.349. The van der Waals surface area contributed by atoms with Gasteiger partial charge in [-0.1, -0.05) is 43.2 Å². The van der Waals surface area contributed by atoms with Gasteiger partial charge in [-0.05, 0) is 55.5 Å². The van der Waals surface area contributed by atoms with E-state index < -0.39 is 21.7 Å². The summed E-state index contributed by atoms with van der Waals surface area (Å²) >= 11 is 0. The molecule has 2 aromatic carbocycles. The summed E-state index contributed by atoms with van der Waals surface area (Å²) in [5, 5.41) is 11.0. The number of fused-ring (bicyclic) bond motifs is 1. The lowest BCUT2D eigenvalue weighted by Gasteiger charge is -2.48. The number of sulfonamides is 1. The molecule has 3 atom stereocenters. The minimum absolute atomic E-state index is 0.0412. The summed E-state index contributed by atoms with van der Waals surface area (Å²) in [5.41, 5.74) is 0.173. The number of nitrogens with zero attached hydrogens (tertiary/aromatic N) is 1. The number of piperidine rings is 1. The van der Waals surface area contributed by atoms with E-state index in [9.17, 15) is 18.3 Å². The van der Waals surface area contributed by atoms with Gasteiger partial charge in [-0.15, -0.1) is 0 Å². The van der Waals surface area contributed by atoms with Crippen LogP contribution in [0.1, 0.15) is 37.7 Å². The fourth-order valence-electron chi connectivity index (χ4n) is 5.03. The van der Waals surface area contributed by atoms with E-state index in [1.165, 1.54) is 19.2 Å². The van der Waals surface area contributed by atoms with Gasteiger partial charge in [0.15, 0.2) is 0 Å². The topological polar surface area (TPSA) is 95.9 Å². The number of methoxy groups -OCH3 is 1. The van der Waals surface area contributed by atoms with Crippen LogP contribution in [0.5, 0.6) is 5.75 Å². The number of hydrogen-bond acceptors (Lipinski definition) is 5. The zero-order valence-corrected chi connectivity index (χ0v) is 19.8. The van der Waals surface area contributed by atoms with E-state index in [1.54, 1.807) is 17.0 Å². The number of aliphatic hydroxyl groups is 1. The van der Waals surface area contributed by atoms with Crippen molar-refractivity contribution >= 4 is 15.9 Å². The van der Waals surface area contributed by atoms with Crippen LogP contribution in [0.2, 0.25) is 0 Å². The van der Waals surface area contributed by atoms with Gasteiger partial charge in [0.05, 0.1) is 17.6 Å². The molecular formula is C25H32N2O5S. The summed E-state index contributed by atoms with van der Waals surface area (Å²) in [6, 6.07) is 14.6. The Bertz CT molecular complexity index is 1060. The molecule has 4 rings (SSSR count). The van der Waals surface area contributed by atoms with Crippen LogP contribution in [0.4, 0.5) is 0 Å². The Morgan fingerprint density at radius 3 is 2.58 bits per heavy atom. The fourth-order valence-corrected chi connectivity index (χ4v) is 6.22. The van der Waals surface area contributed by atoms with Crippen molar-refractivity contribution < 1.29 is 23.1 Å². The molecule has 2 aliphatic rings. The highest BCUT2D eigenvalue weighted by Gasteiger charge is 2.44. The van der Waals surface area contributed by atoms with Crippen molar-refractivity contribution in [3.05, 3.63) is 60.2 Å². The highest BCUT2D eigenvalue weighted by Crippen LogP contribution is 2.40. The highest BCUT2D eigenvalue weighted by atomic mass is 32.2. The van der Waals surface area contributed by atoms with E-state index in [4.69, 9.17) is 4.74 Å². The minimum atomic E-state index is -3.93. The molecule has 0 spiro atoms. The van der Waals surface area contributed by atoms with Gasteiger partial charge < -0.3 is 14.7 Å². The Morgan fingerprint density at radius 1 is 1.15 bits per heavy atom. The van der Waals surface area contributed by atoms with Gasteiger partial charge in [-0.25, -0.2) is 8.42 Å². The van der Waals surface area contributed by atoms with Crippen LogP contribution >= 0.6 is 0 Å². The first kappa shape index (κ1) is 23.7. The molecule has 2 aromatic rings. The first-order valence-corrected chi connectivity index (χ1v) is 13.0. The van der Waals surface area contributed by atoms with Crippen molar-refractivity contribution in [3.63, 3.8) is 0 Å². The van der Waals surface area contributed by atoms with Crippen LogP contribution < -0.4 is 9.46 Å². The Balaban J connectivity index is 1.56. The largest absolute Gasteiger partial charge is 0.497 e. The third-order valence-electron chi connectivity index (χ3n) is 6.99. The van der Waals surface area contributed by atoms with E-state index in [2.05, 4.69) is 4.72 Å². The van der Waals surface area contributed by atoms with Gasteiger partial charge in [-0.3, -0.25) is 4.79 Å². The van der Waals surface area contributed by atoms with Crippen molar-refractivity contribution in [3.8, 4) is 5.75 Å². The standard InChI is InChI=1S/C25H32N2O5S/c1-32-21-10-12-22(13-11-21)33(30,31)26-23(17-19-7-3-2-4-8-19)24(28)27-16-15-25(29)14-6-5-9-20(25)18-27/h2-4,7-8,10-13,20,23,26,29H,5-6,9,14-18H2,1H3/t20-,23+,25-/m0/s1. The monoisotopic (exact) mass is 472 g/mol. The maximum atomic E-state index is 13.6. The molecule has 0 aromatic heterocycles. The minimum Gasteiger partial charge on any atom is -0.497 e. The molecule has 0 radical (unpaired) electrons. The summed E-state index contributed by atoms with van der Waals surface area (Å²) < 4.78 is 34.0. The second-order valence-corrected chi connectivity index (χ2v) is 10.8. The summed E-state index contributed by atoms with van der Waals surface area (Å²) in [6.07, 6.45) is 4.51. The van der Waals surface area contributed by atoms with E-state index >= 15 is 0 Å². The lowest BCUT2D eigenvalue weighted by molar-refractivity contribution is -0.145. The summed E-state index contributed by atoms with van der Waals surface area (Å²) in [7, 11) is -2.41. The Morgan fingerprint density at radius 2 is 1.88 bits per heavy atom. The first-order chi connectivity index (χ1) is 15.8. The molecule has 0 unspecified atom stereocenters. The Kier molecular flexibility index (Phi) is 7.07. The van der Waals surface area contributed by atoms with Crippen LogP contribution in [0.3, 0.4) is 0 Å². The van der Waals surface area contributed by atoms with Gasteiger partial charge in [0.25, 0.3) is 0 Å². The molecule has 1 saturated heterocycles. The number of benzene rings is 2. The van der Waals surface area contributed by atoms with Crippen LogP contribution in [0, 0.1) is 5.92 Å². The molecule has 33 heavy (non-hydrogen) atoms. The van der Waals surface area contributed by atoms with Crippen LogP contribution in [0.25, 0.3) is 0 Å². The Labute approximate surface area is 195 Å². The average Bonchev–Trinajstić information content (AvgIpc) is 2.83. The number of ether oxygens (including phenoxy) is 1. The van der Waals surface area contributed by atoms with Gasteiger partial charge in [0.1, 0.15) is 11.8 Å². The zero-order valence-electron chi connectivity index (χ0n) is 18.9. The molecule has 2 N–H and O–H groups in total. The zero-order chi connectivity index (χ0) is 23.5. The molecular weight excluding hydrogens is 440 g/mol. The third kappa shape index (κ3) is 5.39. The van der Waals surface area contributed by atoms with Gasteiger partial charge >= 0.3 is 0 Å². The van der Waals surface area contributed by atoms with E-state index in [-0.39, 0.29) is 23.1 Å². The van der Waals surface area contributed by atoms with Crippen LogP contribution in [0.15, 0.2) is 59.5 Å². The molecule has 1 aliphatic carbocycles.